The van der Waals surface area contributed by atoms with Crippen molar-refractivity contribution < 1.29 is 10.2 Å². The zero-order valence-electron chi connectivity index (χ0n) is 11.7. The van der Waals surface area contributed by atoms with Gasteiger partial charge >= 0.3 is 0 Å². The first-order valence-electron chi connectivity index (χ1n) is 7.10. The van der Waals surface area contributed by atoms with E-state index >= 15 is 0 Å². The first kappa shape index (κ1) is 14.8. The molecule has 4 nitrogen and oxygen atoms in total. The molecule has 19 heavy (non-hydrogen) atoms. The molecule has 1 fully saturated rings. The van der Waals surface area contributed by atoms with Gasteiger partial charge in [0.25, 0.3) is 0 Å². The van der Waals surface area contributed by atoms with Gasteiger partial charge in [-0.1, -0.05) is 30.9 Å². The van der Waals surface area contributed by atoms with Crippen LogP contribution in [0.15, 0.2) is 0 Å². The lowest BCUT2D eigenvalue weighted by molar-refractivity contribution is -0.0966. The van der Waals surface area contributed by atoms with E-state index in [0.717, 1.165) is 30.7 Å². The van der Waals surface area contributed by atoms with Gasteiger partial charge in [0.05, 0.1) is 28.1 Å². The summed E-state index contributed by atoms with van der Waals surface area (Å²) in [6.45, 7) is 4.57. The second-order valence-corrected chi connectivity index (χ2v) is 5.92. The van der Waals surface area contributed by atoms with E-state index in [1.54, 1.807) is 0 Å². The summed E-state index contributed by atoms with van der Waals surface area (Å²) in [5.74, 6) is 0. The Morgan fingerprint density at radius 1 is 1.37 bits per heavy atom. The van der Waals surface area contributed by atoms with Crippen LogP contribution >= 0.6 is 11.6 Å². The van der Waals surface area contributed by atoms with Crippen molar-refractivity contribution in [3.8, 4) is 0 Å². The van der Waals surface area contributed by atoms with Gasteiger partial charge in [-0.2, -0.15) is 5.10 Å². The lowest BCUT2D eigenvalue weighted by Crippen LogP contribution is -2.45. The third-order valence-corrected chi connectivity index (χ3v) is 4.67. The standard InChI is InChI=1S/C14H23ClN2O2/c1-3-17-11(13(15)10(2)16-17)9-12(18)14(19)7-5-4-6-8-14/h12,18-19H,3-9H2,1-2H3. The van der Waals surface area contributed by atoms with Crippen LogP contribution in [-0.4, -0.2) is 31.7 Å². The van der Waals surface area contributed by atoms with E-state index < -0.39 is 11.7 Å². The summed E-state index contributed by atoms with van der Waals surface area (Å²) in [7, 11) is 0. The highest BCUT2D eigenvalue weighted by Gasteiger charge is 2.37. The van der Waals surface area contributed by atoms with Crippen LogP contribution in [-0.2, 0) is 13.0 Å². The molecule has 0 aromatic carbocycles. The number of aliphatic hydroxyl groups excluding tert-OH is 1. The van der Waals surface area contributed by atoms with Crippen molar-refractivity contribution >= 4 is 11.6 Å². The van der Waals surface area contributed by atoms with Gasteiger partial charge in [-0.15, -0.1) is 0 Å². The number of nitrogens with zero attached hydrogens (tertiary/aromatic N) is 2. The van der Waals surface area contributed by atoms with Crippen molar-refractivity contribution in [2.75, 3.05) is 0 Å². The van der Waals surface area contributed by atoms with Crippen molar-refractivity contribution in [2.24, 2.45) is 0 Å². The van der Waals surface area contributed by atoms with Crippen LogP contribution in [0.2, 0.25) is 5.02 Å². The Kier molecular flexibility index (Phi) is 4.54. The molecule has 2 rings (SSSR count). The number of rotatable bonds is 4. The molecular weight excluding hydrogens is 264 g/mol. The van der Waals surface area contributed by atoms with Crippen LogP contribution in [0.5, 0.6) is 0 Å². The average molecular weight is 287 g/mol. The first-order valence-corrected chi connectivity index (χ1v) is 7.48. The van der Waals surface area contributed by atoms with E-state index in [2.05, 4.69) is 5.10 Å². The van der Waals surface area contributed by atoms with Gasteiger partial charge in [-0.3, -0.25) is 4.68 Å². The quantitative estimate of drug-likeness (QED) is 0.894. The maximum atomic E-state index is 10.5. The molecule has 5 heteroatoms. The van der Waals surface area contributed by atoms with Gasteiger partial charge in [-0.25, -0.2) is 0 Å². The Balaban J connectivity index is 2.16. The normalized spacial score (nSPS) is 20.5. The molecule has 0 aliphatic heterocycles. The minimum Gasteiger partial charge on any atom is -0.390 e. The molecule has 0 saturated heterocycles. The number of halogens is 1. The Bertz CT molecular complexity index is 439. The van der Waals surface area contributed by atoms with Gasteiger partial charge in [0.2, 0.25) is 0 Å². The summed E-state index contributed by atoms with van der Waals surface area (Å²) < 4.78 is 1.81. The summed E-state index contributed by atoms with van der Waals surface area (Å²) in [6.07, 6.45) is 4.04. The summed E-state index contributed by atoms with van der Waals surface area (Å²) in [6, 6.07) is 0. The molecule has 1 saturated carbocycles. The van der Waals surface area contributed by atoms with Crippen LogP contribution in [0.4, 0.5) is 0 Å². The third kappa shape index (κ3) is 2.96. The number of aromatic nitrogens is 2. The Labute approximate surface area is 119 Å². The average Bonchev–Trinajstić information content (AvgIpc) is 2.67. The van der Waals surface area contributed by atoms with Gasteiger partial charge in [0.1, 0.15) is 0 Å². The lowest BCUT2D eigenvalue weighted by atomic mass is 9.79. The predicted octanol–water partition coefficient (Wildman–Crippen LogP) is 2.46. The van der Waals surface area contributed by atoms with Crippen molar-refractivity contribution in [2.45, 2.75) is 70.6 Å². The Morgan fingerprint density at radius 2 is 2.00 bits per heavy atom. The van der Waals surface area contributed by atoms with E-state index in [0.29, 0.717) is 30.8 Å². The van der Waals surface area contributed by atoms with Crippen LogP contribution in [0.3, 0.4) is 0 Å². The fourth-order valence-electron chi connectivity index (χ4n) is 2.93. The molecule has 1 atom stereocenters. The smallest absolute Gasteiger partial charge is 0.0909 e. The summed E-state index contributed by atoms with van der Waals surface area (Å²) in [5, 5.41) is 25.9. The van der Waals surface area contributed by atoms with E-state index in [4.69, 9.17) is 11.6 Å². The van der Waals surface area contributed by atoms with Crippen LogP contribution in [0.1, 0.15) is 50.4 Å². The van der Waals surface area contributed by atoms with Gasteiger partial charge in [0, 0.05) is 13.0 Å². The molecule has 1 aliphatic rings. The molecule has 1 aromatic rings. The second kappa shape index (κ2) is 5.81. The highest BCUT2D eigenvalue weighted by Crippen LogP contribution is 2.33. The number of aliphatic hydroxyl groups is 2. The fraction of sp³-hybridized carbons (Fsp3) is 0.786. The zero-order valence-corrected chi connectivity index (χ0v) is 12.4. The minimum atomic E-state index is -0.960. The molecule has 1 aliphatic carbocycles. The molecule has 1 heterocycles. The highest BCUT2D eigenvalue weighted by atomic mass is 35.5. The van der Waals surface area contributed by atoms with E-state index in [1.807, 2.05) is 18.5 Å². The van der Waals surface area contributed by atoms with Crippen LogP contribution in [0.25, 0.3) is 0 Å². The van der Waals surface area contributed by atoms with Crippen molar-refractivity contribution in [1.82, 2.24) is 9.78 Å². The van der Waals surface area contributed by atoms with Crippen LogP contribution in [0, 0.1) is 6.92 Å². The molecule has 108 valence electrons. The Hall–Kier alpha value is -0.580. The van der Waals surface area contributed by atoms with Gasteiger partial charge in [0.15, 0.2) is 0 Å². The molecule has 0 bridgehead atoms. The van der Waals surface area contributed by atoms with Crippen molar-refractivity contribution in [3.63, 3.8) is 0 Å². The second-order valence-electron chi connectivity index (χ2n) is 5.55. The largest absolute Gasteiger partial charge is 0.390 e. The maximum Gasteiger partial charge on any atom is 0.0909 e. The van der Waals surface area contributed by atoms with Gasteiger partial charge < -0.3 is 10.2 Å². The van der Waals surface area contributed by atoms with Crippen molar-refractivity contribution in [3.05, 3.63) is 16.4 Å². The number of aryl methyl sites for hydroxylation is 2. The zero-order chi connectivity index (χ0) is 14.0. The van der Waals surface area contributed by atoms with E-state index in [-0.39, 0.29) is 0 Å². The SMILES string of the molecule is CCn1nc(C)c(Cl)c1CC(O)C1(O)CCCCC1. The summed E-state index contributed by atoms with van der Waals surface area (Å²) >= 11 is 6.25. The van der Waals surface area contributed by atoms with E-state index in [9.17, 15) is 10.2 Å². The number of hydrogen-bond donors (Lipinski definition) is 2. The molecule has 2 N–H and O–H groups in total. The fourth-order valence-corrected chi connectivity index (χ4v) is 3.15. The maximum absolute atomic E-state index is 10.5. The molecule has 0 amide bonds. The summed E-state index contributed by atoms with van der Waals surface area (Å²) in [4.78, 5) is 0. The van der Waals surface area contributed by atoms with Crippen LogP contribution < -0.4 is 0 Å². The predicted molar refractivity (Wildman–Crippen MR) is 75.4 cm³/mol. The van der Waals surface area contributed by atoms with E-state index in [1.165, 1.54) is 0 Å². The molecular formula is C14H23ClN2O2. The Morgan fingerprint density at radius 3 is 2.58 bits per heavy atom. The lowest BCUT2D eigenvalue weighted by Gasteiger charge is -2.36. The third-order valence-electron chi connectivity index (χ3n) is 4.18. The highest BCUT2D eigenvalue weighted by molar-refractivity contribution is 6.31. The monoisotopic (exact) mass is 286 g/mol. The first-order chi connectivity index (χ1) is 8.98. The van der Waals surface area contributed by atoms with Gasteiger partial charge in [-0.05, 0) is 26.7 Å². The minimum absolute atomic E-state index is 0.365. The molecule has 1 aromatic heterocycles. The number of hydrogen-bond acceptors (Lipinski definition) is 3. The molecule has 0 radical (unpaired) electrons. The molecule has 0 spiro atoms. The summed E-state index contributed by atoms with van der Waals surface area (Å²) in [5.41, 5.74) is 0.646. The topological polar surface area (TPSA) is 58.3 Å². The molecule has 1 unspecified atom stereocenters. The van der Waals surface area contributed by atoms with Crippen molar-refractivity contribution in [1.29, 1.82) is 0 Å².